The molecule has 5 heteroatoms. The predicted molar refractivity (Wildman–Crippen MR) is 84.7 cm³/mol. The fraction of sp³-hybridized carbons (Fsp3) is 0.333. The van der Waals surface area contributed by atoms with Gasteiger partial charge in [-0.1, -0.05) is 18.2 Å². The second kappa shape index (κ2) is 6.77. The van der Waals surface area contributed by atoms with Gasteiger partial charge in [0.1, 0.15) is 11.9 Å². The largest absolute Gasteiger partial charge is 0.472 e. The normalized spacial score (nSPS) is 17.3. The maximum Gasteiger partial charge on any atom is 0.227 e. The van der Waals surface area contributed by atoms with Crippen molar-refractivity contribution in [1.29, 1.82) is 0 Å². The van der Waals surface area contributed by atoms with Crippen molar-refractivity contribution in [3.63, 3.8) is 0 Å². The molecule has 1 aromatic carbocycles. The van der Waals surface area contributed by atoms with E-state index in [1.165, 1.54) is 12.1 Å². The molecule has 1 atom stereocenters. The lowest BCUT2D eigenvalue weighted by atomic mass is 10.1. The molecular weight excluding hydrogens is 295 g/mol. The van der Waals surface area contributed by atoms with Crippen LogP contribution in [-0.4, -0.2) is 35.0 Å². The topological polar surface area (TPSA) is 42.4 Å². The average Bonchev–Trinajstić information content (AvgIpc) is 3.00. The fourth-order valence-corrected chi connectivity index (χ4v) is 2.63. The van der Waals surface area contributed by atoms with E-state index < -0.39 is 0 Å². The smallest absolute Gasteiger partial charge is 0.227 e. The number of ether oxygens (including phenoxy) is 1. The summed E-state index contributed by atoms with van der Waals surface area (Å²) in [5.74, 6) is 0.342. The summed E-state index contributed by atoms with van der Waals surface area (Å²) in [6, 6.07) is 9.84. The molecule has 1 unspecified atom stereocenters. The number of carbonyl (C=O) groups excluding carboxylic acids is 1. The highest BCUT2D eigenvalue weighted by Gasteiger charge is 2.27. The Morgan fingerprint density at radius 3 is 2.78 bits per heavy atom. The van der Waals surface area contributed by atoms with Gasteiger partial charge in [-0.25, -0.2) is 9.37 Å². The second-order valence-electron chi connectivity index (χ2n) is 5.85. The minimum atomic E-state index is -0.290. The van der Waals surface area contributed by atoms with Gasteiger partial charge in [0.25, 0.3) is 0 Å². The maximum atomic E-state index is 12.9. The molecule has 4 nitrogen and oxygen atoms in total. The molecule has 0 N–H and O–H groups in total. The van der Waals surface area contributed by atoms with Crippen LogP contribution in [0, 0.1) is 12.7 Å². The van der Waals surface area contributed by atoms with Gasteiger partial charge in [-0.15, -0.1) is 0 Å². The third-order valence-corrected chi connectivity index (χ3v) is 3.94. The molecule has 2 aromatic rings. The summed E-state index contributed by atoms with van der Waals surface area (Å²) < 4.78 is 18.7. The van der Waals surface area contributed by atoms with Crippen molar-refractivity contribution in [1.82, 2.24) is 9.88 Å². The van der Waals surface area contributed by atoms with Gasteiger partial charge in [-0.05, 0) is 30.2 Å². The number of carbonyl (C=O) groups is 1. The van der Waals surface area contributed by atoms with Crippen molar-refractivity contribution < 1.29 is 13.9 Å². The zero-order chi connectivity index (χ0) is 16.2. The molecule has 0 aliphatic carbocycles. The number of hydrogen-bond donors (Lipinski definition) is 0. The Labute approximate surface area is 134 Å². The third kappa shape index (κ3) is 4.06. The number of benzene rings is 1. The van der Waals surface area contributed by atoms with Gasteiger partial charge in [0.05, 0.1) is 13.0 Å². The summed E-state index contributed by atoms with van der Waals surface area (Å²) in [5.41, 5.74) is 1.90. The first-order chi connectivity index (χ1) is 11.1. The highest BCUT2D eigenvalue weighted by Crippen LogP contribution is 2.18. The van der Waals surface area contributed by atoms with E-state index in [1.807, 2.05) is 19.1 Å². The van der Waals surface area contributed by atoms with Crippen LogP contribution in [0.2, 0.25) is 0 Å². The Hall–Kier alpha value is -2.43. The zero-order valence-corrected chi connectivity index (χ0v) is 13.0. The van der Waals surface area contributed by atoms with E-state index in [0.29, 0.717) is 19.0 Å². The lowest BCUT2D eigenvalue weighted by Gasteiger charge is -2.17. The van der Waals surface area contributed by atoms with E-state index >= 15 is 0 Å². The maximum absolute atomic E-state index is 12.9. The highest BCUT2D eigenvalue weighted by molar-refractivity contribution is 5.79. The van der Waals surface area contributed by atoms with Crippen molar-refractivity contribution in [2.75, 3.05) is 13.1 Å². The monoisotopic (exact) mass is 314 g/mol. The van der Waals surface area contributed by atoms with Crippen LogP contribution in [0.1, 0.15) is 17.5 Å². The molecule has 23 heavy (non-hydrogen) atoms. The van der Waals surface area contributed by atoms with Crippen LogP contribution in [0.3, 0.4) is 0 Å². The van der Waals surface area contributed by atoms with E-state index in [0.717, 1.165) is 17.5 Å². The average molecular weight is 314 g/mol. The van der Waals surface area contributed by atoms with Crippen molar-refractivity contribution >= 4 is 5.91 Å². The van der Waals surface area contributed by atoms with Gasteiger partial charge in [-0.3, -0.25) is 4.79 Å². The number of likely N-dealkylation sites (tertiary alicyclic amines) is 1. The van der Waals surface area contributed by atoms with E-state index in [9.17, 15) is 9.18 Å². The second-order valence-corrected chi connectivity index (χ2v) is 5.85. The first kappa shape index (κ1) is 15.5. The first-order valence-electron chi connectivity index (χ1n) is 7.72. The molecule has 0 bridgehead atoms. The third-order valence-electron chi connectivity index (χ3n) is 3.94. The minimum Gasteiger partial charge on any atom is -0.472 e. The van der Waals surface area contributed by atoms with Crippen LogP contribution in [-0.2, 0) is 11.2 Å². The van der Waals surface area contributed by atoms with E-state index in [4.69, 9.17) is 4.74 Å². The molecule has 0 spiro atoms. The summed E-state index contributed by atoms with van der Waals surface area (Å²) >= 11 is 0. The van der Waals surface area contributed by atoms with Crippen LogP contribution in [0.15, 0.2) is 42.6 Å². The first-order valence-corrected chi connectivity index (χ1v) is 7.72. The van der Waals surface area contributed by atoms with E-state index in [2.05, 4.69) is 4.98 Å². The summed E-state index contributed by atoms with van der Waals surface area (Å²) in [4.78, 5) is 18.3. The number of nitrogens with zero attached hydrogens (tertiary/aromatic N) is 2. The van der Waals surface area contributed by atoms with Gasteiger partial charge in [0, 0.05) is 25.2 Å². The molecule has 1 aliphatic rings. The molecular formula is C18H19FN2O2. The standard InChI is InChI=1S/C18H19FN2O2/c1-13-2-7-17(20-11-13)23-16-8-9-21(12-16)18(22)10-14-3-5-15(19)6-4-14/h2-7,11,16H,8-10,12H2,1H3. The fourth-order valence-electron chi connectivity index (χ4n) is 2.63. The Morgan fingerprint density at radius 2 is 2.09 bits per heavy atom. The molecule has 1 amide bonds. The lowest BCUT2D eigenvalue weighted by molar-refractivity contribution is -0.129. The van der Waals surface area contributed by atoms with E-state index in [1.54, 1.807) is 23.2 Å². The SMILES string of the molecule is Cc1ccc(OC2CCN(C(=O)Cc3ccc(F)cc3)C2)nc1. The Bertz CT molecular complexity index is 670. The summed E-state index contributed by atoms with van der Waals surface area (Å²) in [6.07, 6.45) is 2.82. The van der Waals surface area contributed by atoms with Crippen molar-refractivity contribution in [2.24, 2.45) is 0 Å². The number of pyridine rings is 1. The Kier molecular flexibility index (Phi) is 4.55. The van der Waals surface area contributed by atoms with Crippen LogP contribution in [0.5, 0.6) is 5.88 Å². The molecule has 1 aliphatic heterocycles. The van der Waals surface area contributed by atoms with Crippen LogP contribution >= 0.6 is 0 Å². The van der Waals surface area contributed by atoms with Gasteiger partial charge in [0.2, 0.25) is 11.8 Å². The van der Waals surface area contributed by atoms with Gasteiger partial charge >= 0.3 is 0 Å². The van der Waals surface area contributed by atoms with Crippen molar-refractivity contribution in [3.05, 3.63) is 59.5 Å². The highest BCUT2D eigenvalue weighted by atomic mass is 19.1. The minimum absolute atomic E-state index is 0.0256. The summed E-state index contributed by atoms with van der Waals surface area (Å²) in [7, 11) is 0. The number of halogens is 1. The van der Waals surface area contributed by atoms with E-state index in [-0.39, 0.29) is 24.2 Å². The number of aryl methyl sites for hydroxylation is 1. The number of hydrogen-bond acceptors (Lipinski definition) is 3. The molecule has 120 valence electrons. The number of rotatable bonds is 4. The quantitative estimate of drug-likeness (QED) is 0.871. The van der Waals surface area contributed by atoms with Crippen LogP contribution in [0.25, 0.3) is 0 Å². The van der Waals surface area contributed by atoms with Gasteiger partial charge in [-0.2, -0.15) is 0 Å². The van der Waals surface area contributed by atoms with Crippen LogP contribution in [0.4, 0.5) is 4.39 Å². The zero-order valence-electron chi connectivity index (χ0n) is 13.0. The van der Waals surface area contributed by atoms with Gasteiger partial charge in [0.15, 0.2) is 0 Å². The Morgan fingerprint density at radius 1 is 1.30 bits per heavy atom. The molecule has 1 aromatic heterocycles. The number of aromatic nitrogens is 1. The van der Waals surface area contributed by atoms with Crippen molar-refractivity contribution in [3.8, 4) is 5.88 Å². The predicted octanol–water partition coefficient (Wildman–Crippen LogP) is 2.75. The molecule has 1 saturated heterocycles. The Balaban J connectivity index is 1.53. The number of amides is 1. The van der Waals surface area contributed by atoms with Crippen molar-refractivity contribution in [2.45, 2.75) is 25.9 Å². The molecule has 0 saturated carbocycles. The molecule has 2 heterocycles. The molecule has 0 radical (unpaired) electrons. The van der Waals surface area contributed by atoms with Gasteiger partial charge < -0.3 is 9.64 Å². The summed E-state index contributed by atoms with van der Waals surface area (Å²) in [6.45, 7) is 3.22. The van der Waals surface area contributed by atoms with Crippen LogP contribution < -0.4 is 4.74 Å². The molecule has 1 fully saturated rings. The summed E-state index contributed by atoms with van der Waals surface area (Å²) in [5, 5.41) is 0. The lowest BCUT2D eigenvalue weighted by Crippen LogP contribution is -2.32. The molecule has 3 rings (SSSR count).